The molecule has 722 valence electrons. The van der Waals surface area contributed by atoms with E-state index < -0.39 is 102 Å². The Labute approximate surface area is 925 Å². The van der Waals surface area contributed by atoms with Crippen molar-refractivity contribution in [3.8, 4) is 0 Å². The molecule has 0 amide bonds. The van der Waals surface area contributed by atoms with Crippen LogP contribution >= 0.6 is 79.6 Å². The number of carbonyl (C=O) groups excluding carboxylic acids is 2. The molecule has 6 aromatic carbocycles. The number of hydrogen-bond donors (Lipinski definition) is 8. The molecule has 1 aliphatic heterocycles. The summed E-state index contributed by atoms with van der Waals surface area (Å²) in [6.45, 7) is 44.1. The minimum absolute atomic E-state index is 0. The molecule has 3 aromatic heterocycles. The molecule has 10 rings (SSSR count). The first-order valence-electron chi connectivity index (χ1n) is 39.5. The van der Waals surface area contributed by atoms with Gasteiger partial charge in [0.05, 0.1) is 88.6 Å². The van der Waals surface area contributed by atoms with Crippen molar-refractivity contribution >= 4 is 231 Å². The molecule has 0 saturated carbocycles. The second-order valence-electron chi connectivity index (χ2n) is 30.9. The first-order chi connectivity index (χ1) is 59.9. The molecule has 9 unspecified atom stereocenters. The van der Waals surface area contributed by atoms with E-state index in [0.717, 1.165) is 45.9 Å². The van der Waals surface area contributed by atoms with Gasteiger partial charge in [-0.2, -0.15) is 38.4 Å². The van der Waals surface area contributed by atoms with Crippen LogP contribution < -0.4 is 119 Å². The van der Waals surface area contributed by atoms with Crippen LogP contribution in [0.3, 0.4) is 0 Å². The molecule has 1 aliphatic rings. The number of nitrogens with zero attached hydrogens (tertiary/aromatic N) is 8. The molecule has 0 bridgehead atoms. The van der Waals surface area contributed by atoms with Crippen molar-refractivity contribution in [1.82, 2.24) is 28.7 Å². The van der Waals surface area contributed by atoms with E-state index in [-0.39, 0.29) is 222 Å². The van der Waals surface area contributed by atoms with E-state index in [1.165, 1.54) is 80.0 Å². The number of carbonyl (C=O) groups is 2. The summed E-state index contributed by atoms with van der Waals surface area (Å²) < 4.78 is 172. The number of aldehydes is 1. The Morgan fingerprint density at radius 3 is 1.30 bits per heavy atom. The number of nitro benzene ring substituents is 2. The number of benzene rings is 6. The van der Waals surface area contributed by atoms with Gasteiger partial charge in [-0.3, -0.25) is 29.6 Å². The number of hydrogen-bond acceptors (Lipinski definition) is 27. The Morgan fingerprint density at radius 1 is 0.621 bits per heavy atom. The molecule has 132 heavy (non-hydrogen) atoms. The average molecular weight is 2360 g/mol. The monoisotopic (exact) mass is 2350 g/mol. The zero-order chi connectivity index (χ0) is 102. The molecule has 9 atom stereocenters. The molecule has 0 spiro atoms. The Morgan fingerprint density at radius 2 is 0.962 bits per heavy atom. The van der Waals surface area contributed by atoms with Crippen LogP contribution in [0.4, 0.5) is 43.4 Å². The topological polar surface area (TPSA) is 496 Å². The number of nitrogens with one attached hydrogen (secondary N) is 1. The first kappa shape index (κ1) is 137. The Bertz CT molecular complexity index is 5520. The number of aromatic nitrogens is 6. The molecule has 33 nitrogen and oxygen atoms in total. The molecule has 4 heterocycles. The number of ether oxygens (including phenoxy) is 1. The van der Waals surface area contributed by atoms with Gasteiger partial charge in [-0.1, -0.05) is 153 Å². The SMILES string of the molecule is CC.CC(C=O)O[Si](C)(C)C(C)(C)C.CC(CO)Nc1cc(Br)cc(F)c1[N+](=O)[O-].CC(N)CO.CC(O)c1nc2c(F)cc(Br)cc2n1C(C)CO.CC(O[Si](C)(C)C(C)(C)C)c1nc2c(F)cc(Br)cc2n1C(C)CO.CC1OCC(C)n2c1nc1c(F)cc(Br)cc12.Cc1ccc(S(=O)(=O)O)cc1.O=CO[O-].O=S(=O)=S(=O)=O.O=[N+]([O-])c1c(F)cc(Br)cc1F.[H-].[K+].[K+].[Na][Na]. The van der Waals surface area contributed by atoms with Crippen LogP contribution in [0.2, 0.25) is 36.3 Å². The van der Waals surface area contributed by atoms with Gasteiger partial charge in [-0.05, 0) is 178 Å². The number of aryl methyl sites for hydroxylation is 1. The fourth-order valence-electron chi connectivity index (χ4n) is 10.2. The normalized spacial score (nSPS) is 14.0. The van der Waals surface area contributed by atoms with Crippen LogP contribution in [-0.4, -0.2) is 218 Å². The van der Waals surface area contributed by atoms with Crippen LogP contribution in [0.5, 0.6) is 0 Å². The summed E-state index contributed by atoms with van der Waals surface area (Å²) in [6, 6.07) is 18.9. The Balaban J connectivity index is -0.000000468. The summed E-state index contributed by atoms with van der Waals surface area (Å²) in [4.78, 5) is 53.5. The second-order valence-corrected chi connectivity index (χ2v) is 48.8. The summed E-state index contributed by atoms with van der Waals surface area (Å²) >= 11 is 18.6. The molecule has 9 aromatic rings. The number of imidazole rings is 3. The fourth-order valence-corrected chi connectivity index (χ4v) is 15.4. The number of aliphatic hydroxyl groups excluding tert-OH is 5. The third kappa shape index (κ3) is 45.3. The minimum atomic E-state index is -4.02. The van der Waals surface area contributed by atoms with Gasteiger partial charge in [0.15, 0.2) is 34.1 Å². The van der Waals surface area contributed by atoms with Gasteiger partial charge >= 0.3 is 176 Å². The van der Waals surface area contributed by atoms with Gasteiger partial charge in [-0.25, -0.2) is 28.1 Å². The van der Waals surface area contributed by atoms with E-state index in [0.29, 0.717) is 53.7 Å². The predicted molar refractivity (Wildman–Crippen MR) is 508 cm³/mol. The number of anilines is 1. The van der Waals surface area contributed by atoms with Gasteiger partial charge in [0, 0.05) is 34.4 Å². The van der Waals surface area contributed by atoms with Gasteiger partial charge in [0.1, 0.15) is 64.3 Å². The molecule has 0 radical (unpaired) electrons. The van der Waals surface area contributed by atoms with E-state index in [9.17, 15) is 75.1 Å². The van der Waals surface area contributed by atoms with Crippen molar-refractivity contribution in [2.45, 2.75) is 220 Å². The van der Waals surface area contributed by atoms with Crippen molar-refractivity contribution < 1.29 is 229 Å². The van der Waals surface area contributed by atoms with Gasteiger partial charge in [-0.15, -0.1) is 0 Å². The molecule has 0 fully saturated rings. The Hall–Kier alpha value is -1.69. The van der Waals surface area contributed by atoms with Gasteiger partial charge in [0.2, 0.25) is 17.5 Å². The second kappa shape index (κ2) is 65.5. The quantitative estimate of drug-likeness (QED) is 0.00709. The van der Waals surface area contributed by atoms with Crippen molar-refractivity contribution in [1.29, 1.82) is 0 Å². The molecule has 9 N–H and O–H groups in total. The fraction of sp³-hybridized carbons (Fsp3) is 0.481. The standard InChI is InChI=1S/C18H28BrFN2O2Si.C12H14BrFN2O2.C12H12BrFN2O.C9H10BrFN2O3.C9H20O2Si.C7H8O3S.C6H2BrF2NO2.C3H9NO.C2H6.CH2O3.2K.2Na.O4S2.H/c1-11(10-23)22-15-9-13(19)8-14(20)16(15)21-17(22)12(2)24-25(6,7)18(3,4)5;1-6(5-17)16-10-4-8(13)3-9(14)11(10)15-12(16)7(2)18;1-6-5-17-7(2)12-15-11-9(14)3-8(13)4-10(11)16(6)12;1-5(4-14)12-8-3-6(10)2-7(11)9(8)13(15)16;1-8(7-10)11-12(5,6)9(2,3)4;1-6-2-4-7(5-3-6)11(8,9)10;7-3-1-4(8)6(10(11)12)5(9)2-3;1-3(4)2-5;1-2;2-1-4-3;;;;;1-5(2)6(3)4;/h8-9,11-12,23H,10H2,1-7H3;3-4,6-7,17-18H,5H2,1-2H3;3-4,6-7H,5H2,1-2H3;2-3,5,12,14H,4H2,1H3;7-8H,1-6H3;2-5H,1H3,(H,8,9,10);1-2H;3,5H,2,4H2,1H3;1-2H3;1,3H;;;;;;/q;;;;;;;;;;2*+1;;;;-1/p-1. The van der Waals surface area contributed by atoms with Crippen molar-refractivity contribution in [2.24, 2.45) is 5.73 Å². The van der Waals surface area contributed by atoms with Crippen LogP contribution in [-0.2, 0) is 56.7 Å². The van der Waals surface area contributed by atoms with E-state index in [2.05, 4.69) is 184 Å². The average Bonchev–Trinajstić information content (AvgIpc) is 1.61. The van der Waals surface area contributed by atoms with Crippen molar-refractivity contribution in [2.75, 3.05) is 38.4 Å². The maximum absolute atomic E-state index is 14.4. The molecular formula is C79H111Br5F6K2N10Na2O23S3Si2. The molecule has 53 heteroatoms. The van der Waals surface area contributed by atoms with Gasteiger partial charge in [0.25, 0.3) is 16.6 Å². The number of rotatable bonds is 19. The molecule has 0 saturated heterocycles. The number of fused-ring (bicyclic) bond motifs is 5. The predicted octanol–water partition coefficient (Wildman–Crippen LogP) is 11.3. The number of aliphatic hydroxyl groups is 5. The first-order valence-corrected chi connectivity index (χ1v) is 61.4. The number of nitrogens with two attached hydrogens (primary N) is 1. The van der Waals surface area contributed by atoms with Crippen LogP contribution in [0, 0.1) is 62.1 Å². The van der Waals surface area contributed by atoms with E-state index in [1.807, 2.05) is 58.2 Å². The summed E-state index contributed by atoms with van der Waals surface area (Å²) in [5.41, 5.74) is 7.27. The van der Waals surface area contributed by atoms with E-state index >= 15 is 0 Å². The van der Waals surface area contributed by atoms with Crippen molar-refractivity contribution in [3.63, 3.8) is 0 Å². The molecule has 0 aliphatic carbocycles. The van der Waals surface area contributed by atoms with Crippen LogP contribution in [0.25, 0.3) is 33.1 Å². The third-order valence-electron chi connectivity index (χ3n) is 18.3. The van der Waals surface area contributed by atoms with Gasteiger partial charge < -0.3 is 80.2 Å². The van der Waals surface area contributed by atoms with Crippen LogP contribution in [0.15, 0.2) is 112 Å². The summed E-state index contributed by atoms with van der Waals surface area (Å²) in [5.74, 6) is -2.63. The summed E-state index contributed by atoms with van der Waals surface area (Å²) in [5, 5.41) is 77.6. The third-order valence-corrected chi connectivity index (χ3v) is 31.5. The van der Waals surface area contributed by atoms with Crippen LogP contribution in [0.1, 0.15) is 179 Å². The van der Waals surface area contributed by atoms with E-state index in [1.54, 1.807) is 57.4 Å². The van der Waals surface area contributed by atoms with Crippen molar-refractivity contribution in [3.05, 3.63) is 185 Å². The maximum atomic E-state index is 14.4. The number of nitro groups is 2. The zero-order valence-corrected chi connectivity index (χ0v) is 101. The summed E-state index contributed by atoms with van der Waals surface area (Å²) in [6.07, 6.45) is -0.603. The Kier molecular flexibility index (Phi) is 67.7. The number of halogens is 11. The summed E-state index contributed by atoms with van der Waals surface area (Å²) in [7, 11) is -13.7. The zero-order valence-electron chi connectivity index (χ0n) is 79.1. The van der Waals surface area contributed by atoms with E-state index in [4.69, 9.17) is 61.0 Å². The molecular weight excluding hydrogens is 2250 g/mol.